The lowest BCUT2D eigenvalue weighted by Crippen LogP contribution is -1.79. The van der Waals surface area contributed by atoms with Gasteiger partial charge in [-0.25, -0.2) is 0 Å². The molecule has 3 aromatic rings. The molecule has 0 aliphatic rings. The first-order valence-corrected chi connectivity index (χ1v) is 5.15. The lowest BCUT2D eigenvalue weighted by Gasteiger charge is -1.95. The first-order chi connectivity index (χ1) is 6.93. The fourth-order valence-electron chi connectivity index (χ4n) is 1.46. The number of hydrogen-bond donors (Lipinski definition) is 1. The Hall–Kier alpha value is -1.68. The molecule has 0 saturated carbocycles. The number of nitrogens with zero attached hydrogens (tertiary/aromatic N) is 2. The summed E-state index contributed by atoms with van der Waals surface area (Å²) < 4.78 is 1.30. The van der Waals surface area contributed by atoms with E-state index in [-0.39, 0.29) is 0 Å². The maximum Gasteiger partial charge on any atom is 0.161 e. The maximum atomic E-state index is 3.98. The Labute approximate surface area is 84.4 Å². The molecule has 1 N–H and O–H groups in total. The molecule has 0 unspecified atom stereocenters. The van der Waals surface area contributed by atoms with Crippen LogP contribution in [0.1, 0.15) is 0 Å². The summed E-state index contributed by atoms with van der Waals surface area (Å²) in [5.41, 5.74) is 1.08. The highest BCUT2D eigenvalue weighted by molar-refractivity contribution is 7.17. The predicted octanol–water partition coefficient (Wildman–Crippen LogP) is 2.69. The molecule has 0 amide bonds. The van der Waals surface area contributed by atoms with Gasteiger partial charge in [-0.2, -0.15) is 0 Å². The molecule has 4 heteroatoms. The van der Waals surface area contributed by atoms with E-state index in [1.54, 1.807) is 17.7 Å². The quantitative estimate of drug-likeness (QED) is 0.657. The number of H-pyrrole nitrogens is 1. The molecule has 0 aliphatic heterocycles. The number of benzene rings is 1. The van der Waals surface area contributed by atoms with Crippen molar-refractivity contribution in [2.75, 3.05) is 0 Å². The van der Waals surface area contributed by atoms with Crippen LogP contribution in [-0.2, 0) is 0 Å². The molecule has 0 spiro atoms. The molecule has 0 fully saturated rings. The number of aromatic nitrogens is 3. The second-order valence-electron chi connectivity index (χ2n) is 3.01. The molecule has 0 bridgehead atoms. The number of rotatable bonds is 1. The summed E-state index contributed by atoms with van der Waals surface area (Å²) in [6.07, 6.45) is 1.59. The van der Waals surface area contributed by atoms with Crippen molar-refractivity contribution in [3.05, 3.63) is 36.0 Å². The van der Waals surface area contributed by atoms with Crippen molar-refractivity contribution >= 4 is 21.4 Å². The van der Waals surface area contributed by atoms with Gasteiger partial charge in [0.1, 0.15) is 6.33 Å². The van der Waals surface area contributed by atoms with Crippen molar-refractivity contribution in [3.8, 4) is 11.4 Å². The molecule has 3 rings (SSSR count). The third kappa shape index (κ3) is 1.12. The van der Waals surface area contributed by atoms with Crippen molar-refractivity contribution in [1.29, 1.82) is 0 Å². The highest BCUT2D eigenvalue weighted by Crippen LogP contribution is 2.25. The van der Waals surface area contributed by atoms with E-state index >= 15 is 0 Å². The number of fused-ring (bicyclic) bond motifs is 1. The average Bonchev–Trinajstić information content (AvgIpc) is 2.88. The van der Waals surface area contributed by atoms with Crippen LogP contribution in [0.5, 0.6) is 0 Å². The van der Waals surface area contributed by atoms with Gasteiger partial charge >= 0.3 is 0 Å². The van der Waals surface area contributed by atoms with Crippen LogP contribution in [0.2, 0.25) is 0 Å². The highest BCUT2D eigenvalue weighted by atomic mass is 32.1. The lowest BCUT2D eigenvalue weighted by atomic mass is 10.1. The number of thiophene rings is 1. The van der Waals surface area contributed by atoms with Crippen LogP contribution >= 0.6 is 11.3 Å². The summed E-state index contributed by atoms with van der Waals surface area (Å²) in [5, 5.41) is 11.1. The largest absolute Gasteiger partial charge is 0.328 e. The SMILES string of the molecule is c1nnc(-c2ccc3sccc3c2)[nH]1. The topological polar surface area (TPSA) is 41.6 Å². The Balaban J connectivity index is 2.23. The van der Waals surface area contributed by atoms with E-state index in [1.165, 1.54) is 10.1 Å². The summed E-state index contributed by atoms with van der Waals surface area (Å²) in [6.45, 7) is 0. The van der Waals surface area contributed by atoms with Gasteiger partial charge in [0.25, 0.3) is 0 Å². The van der Waals surface area contributed by atoms with Gasteiger partial charge < -0.3 is 4.98 Å². The standard InChI is InChI=1S/C10H7N3S/c1-2-9-7(3-4-14-9)5-8(1)10-11-6-12-13-10/h1-6H,(H,11,12,13). The molecule has 0 aliphatic carbocycles. The van der Waals surface area contributed by atoms with Gasteiger partial charge in [-0.1, -0.05) is 0 Å². The number of hydrogen-bond acceptors (Lipinski definition) is 3. The molecule has 3 nitrogen and oxygen atoms in total. The van der Waals surface area contributed by atoms with E-state index in [0.29, 0.717) is 0 Å². The van der Waals surface area contributed by atoms with Gasteiger partial charge in [0, 0.05) is 10.3 Å². The van der Waals surface area contributed by atoms with Crippen LogP contribution in [0.15, 0.2) is 36.0 Å². The normalized spacial score (nSPS) is 10.9. The maximum absolute atomic E-state index is 3.98. The Kier molecular flexibility index (Phi) is 1.61. The van der Waals surface area contributed by atoms with Crippen LogP contribution in [-0.4, -0.2) is 15.2 Å². The van der Waals surface area contributed by atoms with E-state index in [0.717, 1.165) is 11.4 Å². The van der Waals surface area contributed by atoms with Gasteiger partial charge in [0.2, 0.25) is 0 Å². The van der Waals surface area contributed by atoms with Crippen LogP contribution in [0.25, 0.3) is 21.5 Å². The minimum atomic E-state index is 0.818. The molecule has 0 atom stereocenters. The zero-order valence-electron chi connectivity index (χ0n) is 7.27. The summed E-state index contributed by atoms with van der Waals surface area (Å²) in [4.78, 5) is 2.99. The molecule has 2 heterocycles. The molecule has 14 heavy (non-hydrogen) atoms. The summed E-state index contributed by atoms with van der Waals surface area (Å²) in [7, 11) is 0. The van der Waals surface area contributed by atoms with Crippen molar-refractivity contribution in [1.82, 2.24) is 15.2 Å². The molecular weight excluding hydrogens is 194 g/mol. The van der Waals surface area contributed by atoms with Gasteiger partial charge in [-0.3, -0.25) is 0 Å². The zero-order chi connectivity index (χ0) is 9.38. The van der Waals surface area contributed by atoms with E-state index in [2.05, 4.69) is 44.8 Å². The second-order valence-corrected chi connectivity index (χ2v) is 3.96. The lowest BCUT2D eigenvalue weighted by molar-refractivity contribution is 1.10. The third-order valence-electron chi connectivity index (χ3n) is 2.14. The predicted molar refractivity (Wildman–Crippen MR) is 57.2 cm³/mol. The van der Waals surface area contributed by atoms with Gasteiger partial charge in [0.05, 0.1) is 0 Å². The molecule has 0 saturated heterocycles. The van der Waals surface area contributed by atoms with E-state index in [1.807, 2.05) is 0 Å². The second kappa shape index (κ2) is 2.92. The van der Waals surface area contributed by atoms with Gasteiger partial charge in [-0.15, -0.1) is 21.5 Å². The van der Waals surface area contributed by atoms with Gasteiger partial charge in [-0.05, 0) is 35.0 Å². The van der Waals surface area contributed by atoms with Crippen LogP contribution in [0, 0.1) is 0 Å². The fourth-order valence-corrected chi connectivity index (χ4v) is 2.23. The fraction of sp³-hybridized carbons (Fsp3) is 0. The summed E-state index contributed by atoms with van der Waals surface area (Å²) >= 11 is 1.75. The molecular formula is C10H7N3S. The van der Waals surface area contributed by atoms with Crippen LogP contribution in [0.4, 0.5) is 0 Å². The number of nitrogens with one attached hydrogen (secondary N) is 1. The van der Waals surface area contributed by atoms with Crippen molar-refractivity contribution < 1.29 is 0 Å². The Morgan fingerprint density at radius 3 is 3.07 bits per heavy atom. The summed E-state index contributed by atoms with van der Waals surface area (Å²) in [6, 6.07) is 8.39. The van der Waals surface area contributed by atoms with Crippen molar-refractivity contribution in [2.24, 2.45) is 0 Å². The minimum Gasteiger partial charge on any atom is -0.328 e. The molecule has 0 radical (unpaired) electrons. The molecule has 68 valence electrons. The van der Waals surface area contributed by atoms with Crippen LogP contribution < -0.4 is 0 Å². The average molecular weight is 201 g/mol. The van der Waals surface area contributed by atoms with E-state index < -0.39 is 0 Å². The van der Waals surface area contributed by atoms with E-state index in [9.17, 15) is 0 Å². The Bertz CT molecular complexity index is 554. The molecule has 2 aromatic heterocycles. The smallest absolute Gasteiger partial charge is 0.161 e. The minimum absolute atomic E-state index is 0.818. The zero-order valence-corrected chi connectivity index (χ0v) is 8.08. The van der Waals surface area contributed by atoms with Crippen molar-refractivity contribution in [3.63, 3.8) is 0 Å². The van der Waals surface area contributed by atoms with Crippen molar-refractivity contribution in [2.45, 2.75) is 0 Å². The first-order valence-electron chi connectivity index (χ1n) is 4.27. The number of aromatic amines is 1. The Morgan fingerprint density at radius 1 is 1.21 bits per heavy atom. The van der Waals surface area contributed by atoms with Gasteiger partial charge in [0.15, 0.2) is 5.82 Å². The molecule has 1 aromatic carbocycles. The van der Waals surface area contributed by atoms with E-state index in [4.69, 9.17) is 0 Å². The first kappa shape index (κ1) is 7.70. The van der Waals surface area contributed by atoms with Crippen LogP contribution in [0.3, 0.4) is 0 Å². The Morgan fingerprint density at radius 2 is 2.21 bits per heavy atom. The highest BCUT2D eigenvalue weighted by Gasteiger charge is 2.02. The summed E-state index contributed by atoms with van der Waals surface area (Å²) in [5.74, 6) is 0.818. The monoisotopic (exact) mass is 201 g/mol. The third-order valence-corrected chi connectivity index (χ3v) is 3.04.